The number of ketones is 1. The fraction of sp³-hybridized carbons (Fsp3) is 0.0769. The first kappa shape index (κ1) is 13.3. The molecule has 0 radical (unpaired) electrons. The van der Waals surface area contributed by atoms with Crippen LogP contribution in [0.15, 0.2) is 36.5 Å². The first-order valence-electron chi connectivity index (χ1n) is 5.36. The summed E-state index contributed by atoms with van der Waals surface area (Å²) in [5, 5.41) is -0.0580. The van der Waals surface area contributed by atoms with E-state index in [0.29, 0.717) is 5.69 Å². The zero-order valence-electron chi connectivity index (χ0n) is 9.65. The molecule has 4 nitrogen and oxygen atoms in total. The molecule has 1 N–H and O–H groups in total. The van der Waals surface area contributed by atoms with Crippen LogP contribution in [0.3, 0.4) is 0 Å². The normalized spacial score (nSPS) is 10.2. The first-order chi connectivity index (χ1) is 9.08. The summed E-state index contributed by atoms with van der Waals surface area (Å²) < 4.78 is 17.6. The predicted octanol–water partition coefficient (Wildman–Crippen LogP) is 2.85. The highest BCUT2D eigenvalue weighted by Gasteiger charge is 2.15. The second-order valence-electron chi connectivity index (χ2n) is 3.71. The monoisotopic (exact) mass is 281 g/mol. The van der Waals surface area contributed by atoms with Gasteiger partial charge in [0.1, 0.15) is 5.82 Å². The number of H-pyrrole nitrogens is 1. The molecule has 2 aromatic rings. The van der Waals surface area contributed by atoms with Gasteiger partial charge in [-0.25, -0.2) is 9.18 Å². The van der Waals surface area contributed by atoms with Crippen LogP contribution in [-0.2, 0) is 4.74 Å². The summed E-state index contributed by atoms with van der Waals surface area (Å²) in [6.07, 6.45) is 1.59. The van der Waals surface area contributed by atoms with Crippen LogP contribution in [0.2, 0.25) is 5.02 Å². The number of aromatic nitrogens is 1. The van der Waals surface area contributed by atoms with E-state index in [0.717, 1.165) is 12.1 Å². The number of hydrogen-bond donors (Lipinski definition) is 1. The number of rotatable bonds is 4. The van der Waals surface area contributed by atoms with Crippen LogP contribution in [0, 0.1) is 5.82 Å². The van der Waals surface area contributed by atoms with Crippen molar-refractivity contribution in [2.45, 2.75) is 0 Å². The SMILES string of the molecule is O=C(COC(=O)c1ccc(F)cc1Cl)c1ccc[nH]1. The van der Waals surface area contributed by atoms with E-state index >= 15 is 0 Å². The quantitative estimate of drug-likeness (QED) is 0.692. The molecule has 1 aromatic carbocycles. The molecule has 0 bridgehead atoms. The van der Waals surface area contributed by atoms with E-state index in [1.165, 1.54) is 6.07 Å². The van der Waals surface area contributed by atoms with Gasteiger partial charge in [0.05, 0.1) is 16.3 Å². The molecular formula is C13H9ClFNO3. The van der Waals surface area contributed by atoms with Crippen molar-refractivity contribution in [2.75, 3.05) is 6.61 Å². The molecule has 19 heavy (non-hydrogen) atoms. The average Bonchev–Trinajstić information content (AvgIpc) is 2.89. The zero-order valence-corrected chi connectivity index (χ0v) is 10.4. The van der Waals surface area contributed by atoms with E-state index in [-0.39, 0.29) is 16.4 Å². The predicted molar refractivity (Wildman–Crippen MR) is 66.8 cm³/mol. The van der Waals surface area contributed by atoms with Crippen LogP contribution in [-0.4, -0.2) is 23.3 Å². The van der Waals surface area contributed by atoms with Crippen molar-refractivity contribution in [1.29, 1.82) is 0 Å². The molecule has 98 valence electrons. The summed E-state index contributed by atoms with van der Waals surface area (Å²) in [6, 6.07) is 6.53. The Morgan fingerprint density at radius 3 is 2.74 bits per heavy atom. The van der Waals surface area contributed by atoms with Gasteiger partial charge in [0.25, 0.3) is 0 Å². The third kappa shape index (κ3) is 3.20. The van der Waals surface area contributed by atoms with Crippen LogP contribution in [0.25, 0.3) is 0 Å². The van der Waals surface area contributed by atoms with Crippen molar-refractivity contribution in [3.63, 3.8) is 0 Å². The highest BCUT2D eigenvalue weighted by atomic mass is 35.5. The lowest BCUT2D eigenvalue weighted by Crippen LogP contribution is -2.14. The van der Waals surface area contributed by atoms with Gasteiger partial charge in [-0.1, -0.05) is 11.6 Å². The maximum absolute atomic E-state index is 12.8. The number of aromatic amines is 1. The molecular weight excluding hydrogens is 273 g/mol. The fourth-order valence-electron chi connectivity index (χ4n) is 1.45. The Hall–Kier alpha value is -2.14. The van der Waals surface area contributed by atoms with Gasteiger partial charge >= 0.3 is 5.97 Å². The van der Waals surface area contributed by atoms with E-state index in [9.17, 15) is 14.0 Å². The molecule has 0 amide bonds. The number of carbonyl (C=O) groups is 2. The lowest BCUT2D eigenvalue weighted by atomic mass is 10.2. The Balaban J connectivity index is 2.00. The Kier molecular flexibility index (Phi) is 3.97. The Morgan fingerprint density at radius 1 is 1.32 bits per heavy atom. The van der Waals surface area contributed by atoms with Gasteiger partial charge in [0.2, 0.25) is 5.78 Å². The van der Waals surface area contributed by atoms with Gasteiger partial charge in [-0.05, 0) is 30.3 Å². The number of esters is 1. The lowest BCUT2D eigenvalue weighted by molar-refractivity contribution is 0.0473. The smallest absolute Gasteiger partial charge is 0.340 e. The van der Waals surface area contributed by atoms with Gasteiger partial charge in [0, 0.05) is 6.20 Å². The zero-order chi connectivity index (χ0) is 13.8. The second kappa shape index (κ2) is 5.67. The van der Waals surface area contributed by atoms with E-state index in [2.05, 4.69) is 4.98 Å². The summed E-state index contributed by atoms with van der Waals surface area (Å²) in [4.78, 5) is 25.9. The molecule has 0 saturated heterocycles. The summed E-state index contributed by atoms with van der Waals surface area (Å²) in [5.41, 5.74) is 0.361. The molecule has 2 rings (SSSR count). The number of nitrogens with one attached hydrogen (secondary N) is 1. The van der Waals surface area contributed by atoms with Crippen LogP contribution in [0.4, 0.5) is 4.39 Å². The van der Waals surface area contributed by atoms with Gasteiger partial charge < -0.3 is 9.72 Å². The maximum atomic E-state index is 12.8. The van der Waals surface area contributed by atoms with Crippen molar-refractivity contribution in [3.05, 3.63) is 58.6 Å². The Morgan fingerprint density at radius 2 is 2.11 bits per heavy atom. The van der Waals surface area contributed by atoms with Gasteiger partial charge in [-0.15, -0.1) is 0 Å². The van der Waals surface area contributed by atoms with Crippen molar-refractivity contribution in [1.82, 2.24) is 4.98 Å². The van der Waals surface area contributed by atoms with E-state index in [4.69, 9.17) is 16.3 Å². The lowest BCUT2D eigenvalue weighted by Gasteiger charge is -2.05. The number of carbonyl (C=O) groups excluding carboxylic acids is 2. The Labute approximate surface area is 113 Å². The number of Topliss-reactive ketones (excluding diaryl/α,β-unsaturated/α-hetero) is 1. The molecule has 1 heterocycles. The molecule has 0 unspecified atom stereocenters. The topological polar surface area (TPSA) is 59.2 Å². The molecule has 0 spiro atoms. The second-order valence-corrected chi connectivity index (χ2v) is 4.11. The van der Waals surface area contributed by atoms with Crippen LogP contribution >= 0.6 is 11.6 Å². The summed E-state index contributed by atoms with van der Waals surface area (Å²) in [6.45, 7) is -0.410. The number of hydrogen-bond acceptors (Lipinski definition) is 3. The molecule has 0 atom stereocenters. The van der Waals surface area contributed by atoms with Crippen molar-refractivity contribution in [2.24, 2.45) is 0 Å². The van der Waals surface area contributed by atoms with Crippen LogP contribution < -0.4 is 0 Å². The number of benzene rings is 1. The average molecular weight is 282 g/mol. The van der Waals surface area contributed by atoms with Gasteiger partial charge in [-0.2, -0.15) is 0 Å². The van der Waals surface area contributed by atoms with E-state index in [1.807, 2.05) is 0 Å². The summed E-state index contributed by atoms with van der Waals surface area (Å²) >= 11 is 5.71. The minimum absolute atomic E-state index is 0.0161. The molecule has 6 heteroatoms. The largest absolute Gasteiger partial charge is 0.454 e. The van der Waals surface area contributed by atoms with E-state index in [1.54, 1.807) is 18.3 Å². The minimum Gasteiger partial charge on any atom is -0.454 e. The van der Waals surface area contributed by atoms with Crippen molar-refractivity contribution >= 4 is 23.4 Å². The van der Waals surface area contributed by atoms with Gasteiger partial charge in [0.15, 0.2) is 6.61 Å². The summed E-state index contributed by atoms with van der Waals surface area (Å²) in [5.74, 6) is -1.69. The molecule has 0 saturated carbocycles. The standard InChI is InChI=1S/C13H9ClFNO3/c14-10-6-8(15)3-4-9(10)13(18)19-7-12(17)11-2-1-5-16-11/h1-6,16H,7H2. The molecule has 0 aliphatic heterocycles. The molecule has 0 fully saturated rings. The molecule has 1 aromatic heterocycles. The van der Waals surface area contributed by atoms with Crippen molar-refractivity contribution in [3.8, 4) is 0 Å². The third-order valence-corrected chi connectivity index (χ3v) is 2.70. The first-order valence-corrected chi connectivity index (χ1v) is 5.74. The Bertz CT molecular complexity index is 610. The van der Waals surface area contributed by atoms with Crippen LogP contribution in [0.1, 0.15) is 20.8 Å². The van der Waals surface area contributed by atoms with Crippen molar-refractivity contribution < 1.29 is 18.7 Å². The van der Waals surface area contributed by atoms with E-state index < -0.39 is 18.4 Å². The number of halogens is 2. The summed E-state index contributed by atoms with van der Waals surface area (Å²) in [7, 11) is 0. The number of ether oxygens (including phenoxy) is 1. The maximum Gasteiger partial charge on any atom is 0.340 e. The van der Waals surface area contributed by atoms with Crippen LogP contribution in [0.5, 0.6) is 0 Å². The minimum atomic E-state index is -0.773. The molecule has 0 aliphatic rings. The highest BCUT2D eigenvalue weighted by molar-refractivity contribution is 6.33. The fourth-order valence-corrected chi connectivity index (χ4v) is 1.69. The third-order valence-electron chi connectivity index (χ3n) is 2.38. The molecule has 0 aliphatic carbocycles. The highest BCUT2D eigenvalue weighted by Crippen LogP contribution is 2.18. The van der Waals surface area contributed by atoms with Gasteiger partial charge in [-0.3, -0.25) is 4.79 Å².